The molecule has 1 N–H and O–H groups in total. The summed E-state index contributed by atoms with van der Waals surface area (Å²) in [5.41, 5.74) is 1.70. The van der Waals surface area contributed by atoms with Crippen LogP contribution in [0, 0.1) is 0 Å². The number of rotatable bonds is 2. The summed E-state index contributed by atoms with van der Waals surface area (Å²) in [7, 11) is 1.88. The molecule has 5 rings (SSSR count). The minimum atomic E-state index is -2.78. The number of fused-ring (bicyclic) bond motifs is 2. The second-order valence-corrected chi connectivity index (χ2v) is 7.90. The van der Waals surface area contributed by atoms with E-state index in [1.807, 2.05) is 29.8 Å². The van der Waals surface area contributed by atoms with Crippen LogP contribution in [0.2, 0.25) is 0 Å². The van der Waals surface area contributed by atoms with E-state index in [0.717, 1.165) is 27.8 Å². The third kappa shape index (κ3) is 2.33. The summed E-state index contributed by atoms with van der Waals surface area (Å²) in [6.07, 6.45) is 2.39. The molecule has 0 amide bonds. The van der Waals surface area contributed by atoms with Gasteiger partial charge in [0.15, 0.2) is 5.65 Å². The van der Waals surface area contributed by atoms with E-state index < -0.39 is 24.4 Å². The second kappa shape index (κ2) is 5.05. The van der Waals surface area contributed by atoms with Crippen LogP contribution in [-0.4, -0.2) is 30.5 Å². The molecule has 0 radical (unpaired) electrons. The minimum absolute atomic E-state index is 0.528. The van der Waals surface area contributed by atoms with Crippen molar-refractivity contribution in [3.8, 4) is 11.3 Å². The average molecular weight is 372 g/mol. The van der Waals surface area contributed by atoms with Gasteiger partial charge in [0.2, 0.25) is 0 Å². The van der Waals surface area contributed by atoms with E-state index in [2.05, 4.69) is 15.0 Å². The molecule has 0 aromatic carbocycles. The van der Waals surface area contributed by atoms with Gasteiger partial charge in [-0.05, 0) is 24.3 Å². The lowest BCUT2D eigenvalue weighted by Gasteiger charge is -2.42. The summed E-state index contributed by atoms with van der Waals surface area (Å²) in [6, 6.07) is 7.43. The number of halogens is 2. The van der Waals surface area contributed by atoms with E-state index in [9.17, 15) is 13.9 Å². The third-order valence-corrected chi connectivity index (χ3v) is 6.03. The summed E-state index contributed by atoms with van der Waals surface area (Å²) in [5, 5.41) is 11.2. The molecule has 0 atom stereocenters. The van der Waals surface area contributed by atoms with Gasteiger partial charge in [0.05, 0.1) is 12.0 Å². The first kappa shape index (κ1) is 15.8. The lowest BCUT2D eigenvalue weighted by molar-refractivity contribution is -0.208. The summed E-state index contributed by atoms with van der Waals surface area (Å²) in [4.78, 5) is 14.6. The number of alkyl halides is 2. The first-order valence-corrected chi connectivity index (χ1v) is 8.93. The van der Waals surface area contributed by atoms with Crippen molar-refractivity contribution in [3.05, 3.63) is 41.7 Å². The van der Waals surface area contributed by atoms with Crippen LogP contribution >= 0.6 is 11.3 Å². The van der Waals surface area contributed by atoms with Crippen LogP contribution in [0.25, 0.3) is 32.6 Å². The molecule has 1 aliphatic carbocycles. The van der Waals surface area contributed by atoms with Gasteiger partial charge in [0, 0.05) is 41.9 Å². The molecular formula is C18H14F2N4OS. The number of imidazole rings is 1. The Morgan fingerprint density at radius 3 is 2.77 bits per heavy atom. The van der Waals surface area contributed by atoms with Gasteiger partial charge in [-0.25, -0.2) is 23.7 Å². The van der Waals surface area contributed by atoms with Crippen molar-refractivity contribution in [1.82, 2.24) is 19.5 Å². The Balaban J connectivity index is 1.55. The Kier molecular flexibility index (Phi) is 3.06. The highest BCUT2D eigenvalue weighted by Crippen LogP contribution is 2.53. The van der Waals surface area contributed by atoms with Gasteiger partial charge in [-0.1, -0.05) is 0 Å². The van der Waals surface area contributed by atoms with E-state index in [0.29, 0.717) is 9.71 Å². The zero-order valence-electron chi connectivity index (χ0n) is 13.8. The van der Waals surface area contributed by atoms with Crippen LogP contribution in [0.3, 0.4) is 0 Å². The van der Waals surface area contributed by atoms with Crippen molar-refractivity contribution in [2.24, 2.45) is 7.05 Å². The molecule has 0 saturated heterocycles. The van der Waals surface area contributed by atoms with Gasteiger partial charge in [-0.15, -0.1) is 11.3 Å². The lowest BCUT2D eigenvalue weighted by Crippen LogP contribution is -2.48. The maximum Gasteiger partial charge on any atom is 0.254 e. The molecule has 0 unspecified atom stereocenters. The number of thiophene rings is 1. The van der Waals surface area contributed by atoms with Gasteiger partial charge in [0.1, 0.15) is 15.9 Å². The van der Waals surface area contributed by atoms with Crippen molar-refractivity contribution >= 4 is 32.7 Å². The van der Waals surface area contributed by atoms with E-state index in [1.54, 1.807) is 18.6 Å². The second-order valence-electron chi connectivity index (χ2n) is 6.86. The molecule has 4 aromatic rings. The molecule has 26 heavy (non-hydrogen) atoms. The normalized spacial score (nSPS) is 18.3. The first-order chi connectivity index (χ1) is 12.3. The first-order valence-electron chi connectivity index (χ1n) is 8.12. The van der Waals surface area contributed by atoms with Gasteiger partial charge in [-0.2, -0.15) is 0 Å². The number of aromatic nitrogens is 4. The monoisotopic (exact) mass is 372 g/mol. The number of aryl methyl sites for hydroxylation is 1. The van der Waals surface area contributed by atoms with E-state index in [4.69, 9.17) is 0 Å². The molecule has 8 heteroatoms. The van der Waals surface area contributed by atoms with E-state index in [1.165, 1.54) is 11.3 Å². The van der Waals surface area contributed by atoms with Gasteiger partial charge in [0.25, 0.3) is 5.92 Å². The number of nitrogens with zero attached hydrogens (tertiary/aromatic N) is 4. The van der Waals surface area contributed by atoms with Crippen LogP contribution in [0.1, 0.15) is 17.7 Å². The fourth-order valence-electron chi connectivity index (χ4n) is 3.44. The van der Waals surface area contributed by atoms with Gasteiger partial charge >= 0.3 is 0 Å². The van der Waals surface area contributed by atoms with Crippen LogP contribution in [0.5, 0.6) is 0 Å². The Morgan fingerprint density at radius 2 is 2.00 bits per heavy atom. The topological polar surface area (TPSA) is 63.8 Å². The standard InChI is InChI=1S/C18H14F2N4OS/c1-24-9-22-13-4-11(6-21-15(13)24)12-3-2-10-5-14(26-16(10)23-12)17(25)7-18(19,20)8-17/h2-6,9,25H,7-8H2,1H3. The maximum atomic E-state index is 13.2. The summed E-state index contributed by atoms with van der Waals surface area (Å²) in [5.74, 6) is -2.78. The third-order valence-electron chi connectivity index (χ3n) is 4.79. The van der Waals surface area contributed by atoms with Crippen molar-refractivity contribution in [1.29, 1.82) is 0 Å². The Morgan fingerprint density at radius 1 is 1.19 bits per heavy atom. The van der Waals surface area contributed by atoms with Crippen LogP contribution in [0.15, 0.2) is 36.8 Å². The number of aliphatic hydroxyl groups is 1. The molecule has 0 bridgehead atoms. The predicted octanol–water partition coefficient (Wildman–Crippen LogP) is 3.86. The number of hydrogen-bond acceptors (Lipinski definition) is 5. The number of pyridine rings is 2. The van der Waals surface area contributed by atoms with Crippen molar-refractivity contribution < 1.29 is 13.9 Å². The molecule has 4 heterocycles. The fourth-order valence-corrected chi connectivity index (χ4v) is 4.56. The van der Waals surface area contributed by atoms with Gasteiger partial charge in [-0.3, -0.25) is 0 Å². The number of hydrogen-bond donors (Lipinski definition) is 1. The van der Waals surface area contributed by atoms with E-state index >= 15 is 0 Å². The fraction of sp³-hybridized carbons (Fsp3) is 0.278. The molecule has 1 aliphatic rings. The molecule has 0 aliphatic heterocycles. The molecule has 4 aromatic heterocycles. The van der Waals surface area contributed by atoms with Crippen LogP contribution in [0.4, 0.5) is 8.78 Å². The summed E-state index contributed by atoms with van der Waals surface area (Å²) < 4.78 is 28.3. The molecule has 0 spiro atoms. The highest BCUT2D eigenvalue weighted by Gasteiger charge is 2.57. The van der Waals surface area contributed by atoms with Crippen molar-refractivity contribution in [2.75, 3.05) is 0 Å². The van der Waals surface area contributed by atoms with Crippen molar-refractivity contribution in [3.63, 3.8) is 0 Å². The molecule has 5 nitrogen and oxygen atoms in total. The summed E-state index contributed by atoms with van der Waals surface area (Å²) in [6.45, 7) is 0. The Hall–Kier alpha value is -2.45. The minimum Gasteiger partial charge on any atom is -0.384 e. The molecule has 132 valence electrons. The lowest BCUT2D eigenvalue weighted by atomic mass is 9.75. The van der Waals surface area contributed by atoms with Crippen LogP contribution in [-0.2, 0) is 12.6 Å². The maximum absolute atomic E-state index is 13.2. The quantitative estimate of drug-likeness (QED) is 0.580. The highest BCUT2D eigenvalue weighted by molar-refractivity contribution is 7.18. The predicted molar refractivity (Wildman–Crippen MR) is 95.2 cm³/mol. The highest BCUT2D eigenvalue weighted by atomic mass is 32.1. The van der Waals surface area contributed by atoms with Gasteiger partial charge < -0.3 is 9.67 Å². The zero-order chi connectivity index (χ0) is 18.1. The Bertz CT molecular complexity index is 1160. The molecule has 1 saturated carbocycles. The van der Waals surface area contributed by atoms with Crippen LogP contribution < -0.4 is 0 Å². The molecule has 1 fully saturated rings. The largest absolute Gasteiger partial charge is 0.384 e. The summed E-state index contributed by atoms with van der Waals surface area (Å²) >= 11 is 1.26. The molecular weight excluding hydrogens is 358 g/mol. The SMILES string of the molecule is Cn1cnc2cc(-c3ccc4cc(C5(O)CC(F)(F)C5)sc4n3)cnc21. The average Bonchev–Trinajstić information content (AvgIpc) is 3.16. The van der Waals surface area contributed by atoms with Crippen molar-refractivity contribution in [2.45, 2.75) is 24.4 Å². The smallest absolute Gasteiger partial charge is 0.254 e. The Labute approximate surface area is 151 Å². The van der Waals surface area contributed by atoms with E-state index in [-0.39, 0.29) is 0 Å². The zero-order valence-corrected chi connectivity index (χ0v) is 14.6.